The molecule has 184 valence electrons. The van der Waals surface area contributed by atoms with E-state index in [1.165, 1.54) is 32.1 Å². The first-order valence-corrected chi connectivity index (χ1v) is 11.6. The number of fused-ring (bicyclic) bond motifs is 1. The van der Waals surface area contributed by atoms with Crippen molar-refractivity contribution >= 4 is 22.9 Å². The van der Waals surface area contributed by atoms with E-state index in [4.69, 9.17) is 10.5 Å². The molecule has 3 rings (SSSR count). The van der Waals surface area contributed by atoms with Gasteiger partial charge in [-0.25, -0.2) is 4.98 Å². The minimum atomic E-state index is -1.49. The molecule has 0 amide bonds. The molecule has 0 aliphatic carbocycles. The molecule has 1 aliphatic heterocycles. The molecule has 1 saturated heterocycles. The molecular weight excluding hydrogens is 432 g/mol. The van der Waals surface area contributed by atoms with Crippen molar-refractivity contribution in [1.82, 2.24) is 19.5 Å². The minimum Gasteiger partial charge on any atom is -0.394 e. The van der Waals surface area contributed by atoms with E-state index in [1.807, 2.05) is 0 Å². The van der Waals surface area contributed by atoms with Crippen LogP contribution in [0.15, 0.2) is 9.59 Å². The highest BCUT2D eigenvalue weighted by Gasteiger charge is 2.44. The number of rotatable bonds is 12. The van der Waals surface area contributed by atoms with Gasteiger partial charge in [-0.15, -0.1) is 0 Å². The van der Waals surface area contributed by atoms with Crippen molar-refractivity contribution in [2.45, 2.75) is 82.8 Å². The van der Waals surface area contributed by atoms with E-state index in [0.29, 0.717) is 6.54 Å². The molecule has 12 heteroatoms. The van der Waals surface area contributed by atoms with Crippen molar-refractivity contribution < 1.29 is 20.1 Å². The Morgan fingerprint density at radius 3 is 2.36 bits per heavy atom. The van der Waals surface area contributed by atoms with E-state index < -0.39 is 42.3 Å². The van der Waals surface area contributed by atoms with Crippen LogP contribution in [-0.2, 0) is 4.74 Å². The lowest BCUT2D eigenvalue weighted by Crippen LogP contribution is -2.33. The van der Waals surface area contributed by atoms with Gasteiger partial charge in [-0.1, -0.05) is 51.9 Å². The minimum absolute atomic E-state index is 0.0113. The van der Waals surface area contributed by atoms with Crippen LogP contribution >= 0.6 is 0 Å². The van der Waals surface area contributed by atoms with Gasteiger partial charge in [-0.2, -0.15) is 4.98 Å². The first kappa shape index (κ1) is 25.1. The Hall–Kier alpha value is -2.54. The number of nitrogens with zero attached hydrogens (tertiary/aromatic N) is 3. The van der Waals surface area contributed by atoms with Gasteiger partial charge in [-0.3, -0.25) is 19.1 Å². The lowest BCUT2D eigenvalue weighted by Gasteiger charge is -2.17. The molecule has 3 heterocycles. The van der Waals surface area contributed by atoms with E-state index in [9.17, 15) is 24.9 Å². The third-order valence-electron chi connectivity index (χ3n) is 5.90. The molecule has 0 unspecified atom stereocenters. The number of aromatic amines is 1. The van der Waals surface area contributed by atoms with Gasteiger partial charge < -0.3 is 31.1 Å². The number of nitrogen functional groups attached to an aromatic ring is 1. The fourth-order valence-electron chi connectivity index (χ4n) is 4.07. The number of aliphatic hydroxyl groups is 3. The Bertz CT molecular complexity index is 1040. The summed E-state index contributed by atoms with van der Waals surface area (Å²) in [7, 11) is 0. The summed E-state index contributed by atoms with van der Waals surface area (Å²) in [6.07, 6.45) is 3.96. The van der Waals surface area contributed by atoms with Gasteiger partial charge >= 0.3 is 5.56 Å². The quantitative estimate of drug-likeness (QED) is 0.236. The first-order valence-electron chi connectivity index (χ1n) is 11.6. The van der Waals surface area contributed by atoms with Gasteiger partial charge in [0.05, 0.1) is 6.61 Å². The molecule has 0 radical (unpaired) electrons. The van der Waals surface area contributed by atoms with Crippen molar-refractivity contribution in [1.29, 1.82) is 0 Å². The van der Waals surface area contributed by atoms with Crippen molar-refractivity contribution in [2.24, 2.45) is 0 Å². The number of nitrogens with two attached hydrogens (primary N) is 1. The van der Waals surface area contributed by atoms with Crippen LogP contribution in [0.4, 0.5) is 11.9 Å². The number of H-pyrrole nitrogens is 1. The highest BCUT2D eigenvalue weighted by Crippen LogP contribution is 2.32. The van der Waals surface area contributed by atoms with Gasteiger partial charge in [0, 0.05) is 6.54 Å². The van der Waals surface area contributed by atoms with Crippen LogP contribution in [0.1, 0.15) is 64.5 Å². The molecular formula is C21H34N6O6. The van der Waals surface area contributed by atoms with Gasteiger partial charge in [0.15, 0.2) is 11.7 Å². The van der Waals surface area contributed by atoms with Crippen molar-refractivity contribution in [3.8, 4) is 0 Å². The Balaban J connectivity index is 1.73. The highest BCUT2D eigenvalue weighted by molar-refractivity contribution is 5.76. The molecule has 1 fully saturated rings. The zero-order chi connectivity index (χ0) is 24.0. The lowest BCUT2D eigenvalue weighted by atomic mass is 10.1. The second-order valence-electron chi connectivity index (χ2n) is 8.39. The van der Waals surface area contributed by atoms with E-state index in [0.717, 1.165) is 23.8 Å². The molecule has 2 aromatic rings. The Morgan fingerprint density at radius 1 is 1.06 bits per heavy atom. The summed E-state index contributed by atoms with van der Waals surface area (Å²) < 4.78 is 6.50. The van der Waals surface area contributed by atoms with E-state index in [1.54, 1.807) is 0 Å². The maximum Gasteiger partial charge on any atom is 0.301 e. The second-order valence-corrected chi connectivity index (χ2v) is 8.39. The van der Waals surface area contributed by atoms with Crippen LogP contribution in [0.25, 0.3) is 11.0 Å². The number of unbranched alkanes of at least 4 members (excludes halogenated alkanes) is 7. The van der Waals surface area contributed by atoms with Crippen LogP contribution in [0.3, 0.4) is 0 Å². The average Bonchev–Trinajstić information content (AvgIpc) is 3.24. The molecule has 0 aromatic carbocycles. The molecule has 2 aromatic heterocycles. The molecule has 1 aliphatic rings. The number of aromatic nitrogens is 4. The van der Waals surface area contributed by atoms with Crippen molar-refractivity contribution in [3.63, 3.8) is 0 Å². The topological polar surface area (TPSA) is 189 Å². The third kappa shape index (κ3) is 5.69. The smallest absolute Gasteiger partial charge is 0.301 e. The summed E-state index contributed by atoms with van der Waals surface area (Å²) in [4.78, 5) is 35.9. The molecule has 0 spiro atoms. The fourth-order valence-corrected chi connectivity index (χ4v) is 4.07. The predicted molar refractivity (Wildman–Crippen MR) is 123 cm³/mol. The summed E-state index contributed by atoms with van der Waals surface area (Å²) in [6.45, 7) is 2.18. The van der Waals surface area contributed by atoms with Crippen LogP contribution in [-0.4, -0.2) is 66.3 Å². The van der Waals surface area contributed by atoms with E-state index in [2.05, 4.69) is 27.2 Å². The van der Waals surface area contributed by atoms with Gasteiger partial charge in [0.2, 0.25) is 11.9 Å². The van der Waals surface area contributed by atoms with Crippen LogP contribution < -0.4 is 22.2 Å². The number of anilines is 2. The molecule has 0 saturated carbocycles. The standard InChI is InChI=1S/C21H34N6O6/c1-2-3-4-5-6-7-8-9-10-23-21-25-17(31)13-14(18(32)26-21)27(20(22)24-13)19-16(30)15(29)12(11-28)33-19/h12,15-16,19,28-30H,2-11H2,1H3,(H2,22,24)(H2,23,25,26,31,32)/t12-,15-,16-,19+/m1/s1. The zero-order valence-corrected chi connectivity index (χ0v) is 18.9. The normalized spacial score (nSPS) is 22.8. The summed E-state index contributed by atoms with van der Waals surface area (Å²) in [5.74, 6) is -0.249. The molecule has 0 bridgehead atoms. The Kier molecular flexibility index (Phi) is 8.78. The third-order valence-corrected chi connectivity index (χ3v) is 5.90. The number of hydrogen-bond donors (Lipinski definition) is 6. The van der Waals surface area contributed by atoms with Crippen molar-refractivity contribution in [2.75, 3.05) is 24.2 Å². The molecule has 12 nitrogen and oxygen atoms in total. The Morgan fingerprint density at radius 2 is 1.73 bits per heavy atom. The maximum absolute atomic E-state index is 12.9. The molecule has 7 N–H and O–H groups in total. The van der Waals surface area contributed by atoms with Crippen LogP contribution in [0.2, 0.25) is 0 Å². The first-order chi connectivity index (χ1) is 15.9. The van der Waals surface area contributed by atoms with Crippen LogP contribution in [0.5, 0.6) is 0 Å². The largest absolute Gasteiger partial charge is 0.394 e. The second kappa shape index (κ2) is 11.5. The van der Waals surface area contributed by atoms with Gasteiger partial charge in [-0.05, 0) is 6.42 Å². The number of aliphatic hydroxyl groups excluding tert-OH is 3. The molecule has 33 heavy (non-hydrogen) atoms. The van der Waals surface area contributed by atoms with Gasteiger partial charge in [0.25, 0.3) is 5.56 Å². The van der Waals surface area contributed by atoms with Crippen LogP contribution in [0, 0.1) is 0 Å². The Labute approximate surface area is 190 Å². The lowest BCUT2D eigenvalue weighted by molar-refractivity contribution is -0.0499. The summed E-state index contributed by atoms with van der Waals surface area (Å²) in [5, 5.41) is 32.7. The van der Waals surface area contributed by atoms with Gasteiger partial charge in [0.1, 0.15) is 23.8 Å². The van der Waals surface area contributed by atoms with E-state index >= 15 is 0 Å². The number of nitrogens with one attached hydrogen (secondary N) is 2. The average molecular weight is 467 g/mol. The molecule has 4 atom stereocenters. The number of imidazole rings is 1. The number of ether oxygens (including phenoxy) is 1. The highest BCUT2D eigenvalue weighted by atomic mass is 16.6. The predicted octanol–water partition coefficient (Wildman–Crippen LogP) is 0.226. The number of hydrogen-bond acceptors (Lipinski definition) is 10. The monoisotopic (exact) mass is 466 g/mol. The summed E-state index contributed by atoms with van der Waals surface area (Å²) in [6, 6.07) is 0. The summed E-state index contributed by atoms with van der Waals surface area (Å²) >= 11 is 0. The zero-order valence-electron chi connectivity index (χ0n) is 18.9. The SMILES string of the molecule is CCCCCCCCCCNc1nc(=O)c2nc(N)n([C@H]3O[C@H](CO)[C@@H](O)[C@H]3O)c2c(=O)[nH]1. The maximum atomic E-state index is 12.9. The summed E-state index contributed by atoms with van der Waals surface area (Å²) in [5.41, 5.74) is 3.88. The fraction of sp³-hybridized carbons (Fsp3) is 0.714. The van der Waals surface area contributed by atoms with E-state index in [-0.39, 0.29) is 22.9 Å². The van der Waals surface area contributed by atoms with Crippen molar-refractivity contribution in [3.05, 3.63) is 20.7 Å².